The maximum atomic E-state index is 15.3. The van der Waals surface area contributed by atoms with E-state index in [1.807, 2.05) is 9.80 Å². The van der Waals surface area contributed by atoms with Gasteiger partial charge in [0.25, 0.3) is 5.91 Å². The van der Waals surface area contributed by atoms with Gasteiger partial charge in [-0.1, -0.05) is 6.42 Å². The molecular weight excluding hydrogens is 496 g/mol. The Bertz CT molecular complexity index is 1190. The minimum Gasteiger partial charge on any atom is -0.381 e. The number of fused-ring (bicyclic) bond motifs is 2. The molecule has 5 atom stereocenters. The molecule has 4 N–H and O–H groups in total. The van der Waals surface area contributed by atoms with Gasteiger partial charge in [0.05, 0.1) is 30.4 Å². The van der Waals surface area contributed by atoms with Gasteiger partial charge in [-0.05, 0) is 25.8 Å². The predicted molar refractivity (Wildman–Crippen MR) is 136 cm³/mol. The minimum absolute atomic E-state index is 0.0352. The van der Waals surface area contributed by atoms with E-state index in [1.165, 1.54) is 19.3 Å². The quantitative estimate of drug-likeness (QED) is 0.499. The molecule has 0 radical (unpaired) electrons. The number of hydrogen-bond donors (Lipinski definition) is 3. The number of piperidine rings is 2. The number of nitrogens with two attached hydrogens (primary N) is 1. The SMILES string of the molecule is Nc1nn2cc(F)cnc2c1C(=O)NC1CNCC(F)C1N1CCN(C(=O)C2CC3CCCCN3C2)CC1. The van der Waals surface area contributed by atoms with Crippen molar-refractivity contribution in [2.24, 2.45) is 5.92 Å². The van der Waals surface area contributed by atoms with Crippen LogP contribution < -0.4 is 16.4 Å². The summed E-state index contributed by atoms with van der Waals surface area (Å²) in [6.45, 7) is 4.71. The van der Waals surface area contributed by atoms with Crippen LogP contribution in [0.2, 0.25) is 0 Å². The van der Waals surface area contributed by atoms with Gasteiger partial charge < -0.3 is 21.3 Å². The zero-order valence-electron chi connectivity index (χ0n) is 21.4. The molecule has 2 aromatic heterocycles. The Morgan fingerprint density at radius 2 is 1.92 bits per heavy atom. The summed E-state index contributed by atoms with van der Waals surface area (Å²) in [6, 6.07) is -0.540. The summed E-state index contributed by atoms with van der Waals surface area (Å²) in [7, 11) is 0. The van der Waals surface area contributed by atoms with E-state index in [0.29, 0.717) is 38.8 Å². The van der Waals surface area contributed by atoms with Gasteiger partial charge in [-0.2, -0.15) is 0 Å². The average molecular weight is 532 g/mol. The first-order valence-electron chi connectivity index (χ1n) is 13.6. The fourth-order valence-corrected chi connectivity index (χ4v) is 6.81. The number of rotatable bonds is 4. The van der Waals surface area contributed by atoms with E-state index >= 15 is 4.39 Å². The number of nitrogen functional groups attached to an aromatic ring is 1. The first kappa shape index (κ1) is 25.4. The lowest BCUT2D eigenvalue weighted by atomic mass is 9.95. The van der Waals surface area contributed by atoms with Crippen molar-refractivity contribution in [3.63, 3.8) is 0 Å². The van der Waals surface area contributed by atoms with Crippen LogP contribution in [0.4, 0.5) is 14.6 Å². The number of amides is 2. The highest BCUT2D eigenvalue weighted by Crippen LogP contribution is 2.32. The van der Waals surface area contributed by atoms with E-state index in [0.717, 1.165) is 36.4 Å². The van der Waals surface area contributed by atoms with E-state index < -0.39 is 30.0 Å². The highest BCUT2D eigenvalue weighted by Gasteiger charge is 2.43. The second kappa shape index (κ2) is 10.3. The highest BCUT2D eigenvalue weighted by molar-refractivity contribution is 6.04. The number of hydrogen-bond acceptors (Lipinski definition) is 8. The number of nitrogens with zero attached hydrogens (tertiary/aromatic N) is 6. The van der Waals surface area contributed by atoms with Crippen LogP contribution >= 0.6 is 0 Å². The summed E-state index contributed by atoms with van der Waals surface area (Å²) in [4.78, 5) is 36.9. The van der Waals surface area contributed by atoms with Crippen LogP contribution in [0.1, 0.15) is 36.0 Å². The molecule has 13 heteroatoms. The Morgan fingerprint density at radius 3 is 2.71 bits per heavy atom. The smallest absolute Gasteiger partial charge is 0.259 e. The zero-order valence-corrected chi connectivity index (χ0v) is 21.4. The third-order valence-corrected chi connectivity index (χ3v) is 8.66. The number of carbonyl (C=O) groups excluding carboxylic acids is 2. The van der Waals surface area contributed by atoms with Crippen LogP contribution in [0.5, 0.6) is 0 Å². The van der Waals surface area contributed by atoms with Gasteiger partial charge in [0.2, 0.25) is 5.91 Å². The Morgan fingerprint density at radius 1 is 1.11 bits per heavy atom. The molecule has 2 amide bonds. The van der Waals surface area contributed by atoms with Crippen molar-refractivity contribution < 1.29 is 18.4 Å². The lowest BCUT2D eigenvalue weighted by Gasteiger charge is -2.46. The van der Waals surface area contributed by atoms with Gasteiger partial charge in [0.1, 0.15) is 11.7 Å². The van der Waals surface area contributed by atoms with Crippen molar-refractivity contribution >= 4 is 23.3 Å². The first-order valence-corrected chi connectivity index (χ1v) is 13.6. The van der Waals surface area contributed by atoms with Gasteiger partial charge in [-0.3, -0.25) is 19.4 Å². The van der Waals surface area contributed by atoms with E-state index in [-0.39, 0.29) is 35.4 Å². The summed E-state index contributed by atoms with van der Waals surface area (Å²) < 4.78 is 30.0. The summed E-state index contributed by atoms with van der Waals surface area (Å²) in [5, 5.41) is 9.95. The standard InChI is InChI=1S/C25H35F2N9O2/c26-16-10-30-23-20(22(28)32-36(23)14-16)24(37)31-19-12-29-11-18(27)21(19)33-5-7-34(8-6-33)25(38)15-9-17-3-1-2-4-35(17)13-15/h10,14-15,17-19,21,29H,1-9,11-13H2,(H2,28,32)(H,31,37). The van der Waals surface area contributed by atoms with Crippen LogP contribution in [0.3, 0.4) is 0 Å². The molecule has 6 rings (SSSR count). The van der Waals surface area contributed by atoms with Crippen LogP contribution in [-0.2, 0) is 4.79 Å². The number of aromatic nitrogens is 3. The van der Waals surface area contributed by atoms with Crippen molar-refractivity contribution in [1.29, 1.82) is 0 Å². The fraction of sp³-hybridized carbons (Fsp3) is 0.680. The molecule has 5 unspecified atom stereocenters. The van der Waals surface area contributed by atoms with E-state index in [9.17, 15) is 14.0 Å². The number of piperazine rings is 1. The fourth-order valence-electron chi connectivity index (χ4n) is 6.81. The van der Waals surface area contributed by atoms with Crippen molar-refractivity contribution in [3.05, 3.63) is 23.8 Å². The van der Waals surface area contributed by atoms with Crippen LogP contribution in [0, 0.1) is 11.7 Å². The van der Waals surface area contributed by atoms with E-state index in [2.05, 4.69) is 25.6 Å². The molecule has 0 spiro atoms. The second-order valence-corrected chi connectivity index (χ2v) is 11.0. The molecule has 2 aromatic rings. The van der Waals surface area contributed by atoms with E-state index in [1.54, 1.807) is 0 Å². The molecule has 0 aromatic carbocycles. The summed E-state index contributed by atoms with van der Waals surface area (Å²) in [5.41, 5.74) is 6.12. The summed E-state index contributed by atoms with van der Waals surface area (Å²) in [6.07, 6.45) is 5.49. The van der Waals surface area contributed by atoms with Crippen LogP contribution in [-0.4, -0.2) is 118 Å². The molecule has 38 heavy (non-hydrogen) atoms. The van der Waals surface area contributed by atoms with Crippen LogP contribution in [0.25, 0.3) is 5.65 Å². The molecule has 206 valence electrons. The predicted octanol–water partition coefficient (Wildman–Crippen LogP) is -0.122. The first-order chi connectivity index (χ1) is 18.4. The molecule has 4 aliphatic heterocycles. The van der Waals surface area contributed by atoms with Crippen molar-refractivity contribution in [2.75, 3.05) is 58.1 Å². The molecule has 11 nitrogen and oxygen atoms in total. The minimum atomic E-state index is -1.20. The Hall–Kier alpha value is -2.90. The molecule has 0 saturated carbocycles. The van der Waals surface area contributed by atoms with Crippen molar-refractivity contribution in [3.8, 4) is 0 Å². The largest absolute Gasteiger partial charge is 0.381 e. The zero-order chi connectivity index (χ0) is 26.4. The molecular formula is C25H35F2N9O2. The molecule has 6 heterocycles. The van der Waals surface area contributed by atoms with Gasteiger partial charge >= 0.3 is 0 Å². The second-order valence-electron chi connectivity index (χ2n) is 11.0. The molecule has 0 aliphatic carbocycles. The summed E-state index contributed by atoms with van der Waals surface area (Å²) >= 11 is 0. The Balaban J connectivity index is 1.10. The maximum absolute atomic E-state index is 15.3. The molecule has 4 fully saturated rings. The lowest BCUT2D eigenvalue weighted by Crippen LogP contribution is -2.67. The van der Waals surface area contributed by atoms with Gasteiger partial charge in [0, 0.05) is 51.9 Å². The third kappa shape index (κ3) is 4.71. The topological polar surface area (TPSA) is 124 Å². The number of halogens is 2. The number of alkyl halides is 1. The number of carbonyl (C=O) groups is 2. The Labute approximate surface area is 219 Å². The normalized spacial score (nSPS) is 30.9. The molecule has 4 saturated heterocycles. The number of nitrogens with one attached hydrogen (secondary N) is 2. The monoisotopic (exact) mass is 531 g/mol. The van der Waals surface area contributed by atoms with Gasteiger partial charge in [-0.15, -0.1) is 5.10 Å². The maximum Gasteiger partial charge on any atom is 0.259 e. The van der Waals surface area contributed by atoms with E-state index in [4.69, 9.17) is 5.73 Å². The highest BCUT2D eigenvalue weighted by atomic mass is 19.1. The molecule has 4 aliphatic rings. The van der Waals surface area contributed by atoms with Gasteiger partial charge in [0.15, 0.2) is 17.3 Å². The Kier molecular flexibility index (Phi) is 6.91. The van der Waals surface area contributed by atoms with Gasteiger partial charge in [-0.25, -0.2) is 18.3 Å². The lowest BCUT2D eigenvalue weighted by molar-refractivity contribution is -0.137. The van der Waals surface area contributed by atoms with Crippen LogP contribution in [0.15, 0.2) is 12.4 Å². The average Bonchev–Trinajstić information content (AvgIpc) is 3.48. The summed E-state index contributed by atoms with van der Waals surface area (Å²) in [5.74, 6) is -0.937. The van der Waals surface area contributed by atoms with Crippen molar-refractivity contribution in [2.45, 2.75) is 50.0 Å². The molecule has 0 bridgehead atoms. The third-order valence-electron chi connectivity index (χ3n) is 8.66. The number of anilines is 1. The van der Waals surface area contributed by atoms with Crippen molar-refractivity contribution in [1.82, 2.24) is 39.9 Å².